The first-order valence-electron chi connectivity index (χ1n) is 16.9. The summed E-state index contributed by atoms with van der Waals surface area (Å²) in [5, 5.41) is 11.1. The van der Waals surface area contributed by atoms with Crippen LogP contribution >= 0.6 is 0 Å². The number of nitrogens with zero attached hydrogens (tertiary/aromatic N) is 5. The van der Waals surface area contributed by atoms with E-state index in [4.69, 9.17) is 14.5 Å². The largest absolute Gasteiger partial charge is 0.444 e. The molecule has 0 saturated carbocycles. The van der Waals surface area contributed by atoms with Gasteiger partial charge in [-0.1, -0.05) is 32.6 Å². The molecule has 2 N–H and O–H groups in total. The molecule has 3 aromatic rings. The summed E-state index contributed by atoms with van der Waals surface area (Å²) in [6, 6.07) is 8.95. The molecule has 4 rings (SSSR count). The highest BCUT2D eigenvalue weighted by Gasteiger charge is 2.40. The number of hydrogen-bond acceptors (Lipinski definition) is 8. The molecule has 0 bridgehead atoms. The summed E-state index contributed by atoms with van der Waals surface area (Å²) < 4.78 is 13.3. The van der Waals surface area contributed by atoms with Gasteiger partial charge in [0.1, 0.15) is 22.8 Å². The minimum absolute atomic E-state index is 0.106. The highest BCUT2D eigenvalue weighted by atomic mass is 16.6. The molecule has 0 aliphatic carbocycles. The number of carbonyl (C=O) groups excluding carboxylic acids is 3. The molecule has 266 valence electrons. The van der Waals surface area contributed by atoms with Crippen molar-refractivity contribution < 1.29 is 23.9 Å². The van der Waals surface area contributed by atoms with Crippen LogP contribution in [0.15, 0.2) is 48.7 Å². The fourth-order valence-corrected chi connectivity index (χ4v) is 5.55. The number of nitrogens with one attached hydrogen (secondary N) is 2. The third kappa shape index (κ3) is 9.51. The number of anilines is 3. The van der Waals surface area contributed by atoms with Crippen LogP contribution in [0.5, 0.6) is 0 Å². The Balaban J connectivity index is 1.77. The van der Waals surface area contributed by atoms with Crippen molar-refractivity contribution in [1.29, 1.82) is 0 Å². The highest BCUT2D eigenvalue weighted by molar-refractivity contribution is 6.02. The fraction of sp³-hybridized carbons (Fsp3) is 0.541. The van der Waals surface area contributed by atoms with Crippen molar-refractivity contribution in [3.8, 4) is 0 Å². The molecule has 3 heterocycles. The molecule has 12 heteroatoms. The van der Waals surface area contributed by atoms with Gasteiger partial charge in [0.05, 0.1) is 12.7 Å². The molecule has 1 fully saturated rings. The van der Waals surface area contributed by atoms with E-state index in [0.29, 0.717) is 35.1 Å². The third-order valence-electron chi connectivity index (χ3n) is 8.11. The van der Waals surface area contributed by atoms with E-state index >= 15 is 0 Å². The quantitative estimate of drug-likeness (QED) is 0.231. The van der Waals surface area contributed by atoms with Crippen LogP contribution in [-0.4, -0.2) is 66.9 Å². The third-order valence-corrected chi connectivity index (χ3v) is 8.11. The number of ether oxygens (including phenoxy) is 2. The van der Waals surface area contributed by atoms with Crippen LogP contribution in [0, 0.1) is 0 Å². The van der Waals surface area contributed by atoms with Gasteiger partial charge in [0, 0.05) is 41.0 Å². The van der Waals surface area contributed by atoms with E-state index < -0.39 is 17.3 Å². The summed E-state index contributed by atoms with van der Waals surface area (Å²) in [5.41, 5.74) is 1.46. The van der Waals surface area contributed by atoms with Crippen molar-refractivity contribution >= 4 is 41.1 Å². The van der Waals surface area contributed by atoms with Crippen LogP contribution in [0.3, 0.4) is 0 Å². The lowest BCUT2D eigenvalue weighted by atomic mass is 9.88. The average molecular weight is 676 g/mol. The van der Waals surface area contributed by atoms with Crippen LogP contribution in [-0.2, 0) is 20.8 Å². The molecule has 1 saturated heterocycles. The molecular weight excluding hydrogens is 622 g/mol. The molecule has 1 unspecified atom stereocenters. The lowest BCUT2D eigenvalue weighted by molar-refractivity contribution is -0.112. The zero-order chi connectivity index (χ0) is 36.5. The lowest BCUT2D eigenvalue weighted by Crippen LogP contribution is -2.57. The Morgan fingerprint density at radius 1 is 1.08 bits per heavy atom. The zero-order valence-electron chi connectivity index (χ0n) is 30.9. The van der Waals surface area contributed by atoms with Gasteiger partial charge < -0.3 is 25.0 Å². The van der Waals surface area contributed by atoms with Crippen LogP contribution < -0.4 is 15.5 Å². The maximum Gasteiger partial charge on any atom is 0.416 e. The molecular formula is C37H53N7O5. The molecule has 1 aromatic carbocycles. The summed E-state index contributed by atoms with van der Waals surface area (Å²) in [7, 11) is 0. The zero-order valence-corrected chi connectivity index (χ0v) is 30.9. The molecule has 12 nitrogen and oxygen atoms in total. The van der Waals surface area contributed by atoms with E-state index in [0.717, 1.165) is 24.0 Å². The molecule has 1 atom stereocenters. The van der Waals surface area contributed by atoms with E-state index in [9.17, 15) is 14.4 Å². The minimum Gasteiger partial charge on any atom is -0.444 e. The SMILES string of the molecule is C=C(C)C(=O)Nc1cccc(CN(C(=O)OC(C)(C)C)c2cc(NC3CCC(C)(C)N(C(=O)OC(C)(C)C)C3)nc3c(C(C)C)cnn23)c1. The lowest BCUT2D eigenvalue weighted by Gasteiger charge is -2.45. The molecule has 1 aliphatic heterocycles. The number of likely N-dealkylation sites (tertiary alicyclic amines) is 1. The van der Waals surface area contributed by atoms with Crippen LogP contribution in [0.1, 0.15) is 106 Å². The van der Waals surface area contributed by atoms with Crippen molar-refractivity contribution in [2.45, 2.75) is 124 Å². The van der Waals surface area contributed by atoms with E-state index in [1.54, 1.807) is 34.7 Å². The summed E-state index contributed by atoms with van der Waals surface area (Å²) in [6.45, 7) is 25.2. The van der Waals surface area contributed by atoms with Crippen molar-refractivity contribution in [3.05, 3.63) is 59.8 Å². The second-order valence-corrected chi connectivity index (χ2v) is 15.8. The second kappa shape index (κ2) is 14.1. The first kappa shape index (κ1) is 37.2. The number of aromatic nitrogens is 3. The number of hydrogen-bond donors (Lipinski definition) is 2. The number of rotatable bonds is 8. The van der Waals surface area contributed by atoms with E-state index in [1.807, 2.05) is 59.7 Å². The van der Waals surface area contributed by atoms with Gasteiger partial charge in [-0.2, -0.15) is 9.61 Å². The van der Waals surface area contributed by atoms with Crippen molar-refractivity contribution in [2.75, 3.05) is 22.1 Å². The van der Waals surface area contributed by atoms with Crippen LogP contribution in [0.25, 0.3) is 5.65 Å². The van der Waals surface area contributed by atoms with Gasteiger partial charge in [-0.3, -0.25) is 9.69 Å². The van der Waals surface area contributed by atoms with Crippen molar-refractivity contribution in [3.63, 3.8) is 0 Å². The van der Waals surface area contributed by atoms with Gasteiger partial charge in [0.2, 0.25) is 0 Å². The molecule has 0 radical (unpaired) electrons. The Bertz CT molecular complexity index is 1710. The smallest absolute Gasteiger partial charge is 0.416 e. The van der Waals surface area contributed by atoms with Gasteiger partial charge in [-0.15, -0.1) is 0 Å². The number of benzene rings is 1. The second-order valence-electron chi connectivity index (χ2n) is 15.8. The standard InChI is InChI=1S/C37H53N7O5/c1-23(2)28-20-38-44-30(42(33(46)48-35(5,6)7)21-25-14-13-15-26(18-25)40-32(45)24(3)4)19-29(41-31(28)44)39-27-16-17-37(11,12)43(22-27)34(47)49-36(8,9)10/h13-15,18-20,23,27H,3,16-17,21-22H2,1-2,4-12H3,(H,39,41)(H,40,45). The molecule has 49 heavy (non-hydrogen) atoms. The molecule has 3 amide bonds. The van der Waals surface area contributed by atoms with Gasteiger partial charge in [0.25, 0.3) is 5.91 Å². The summed E-state index contributed by atoms with van der Waals surface area (Å²) >= 11 is 0. The van der Waals surface area contributed by atoms with Crippen molar-refractivity contribution in [2.24, 2.45) is 0 Å². The number of piperidine rings is 1. The monoisotopic (exact) mass is 675 g/mol. The Morgan fingerprint density at radius 3 is 2.37 bits per heavy atom. The Labute approximate surface area is 290 Å². The molecule has 0 spiro atoms. The summed E-state index contributed by atoms with van der Waals surface area (Å²) in [5.74, 6) is 0.802. The van der Waals surface area contributed by atoms with Crippen molar-refractivity contribution in [1.82, 2.24) is 19.5 Å². The predicted molar refractivity (Wildman–Crippen MR) is 193 cm³/mol. The molecule has 2 aromatic heterocycles. The predicted octanol–water partition coefficient (Wildman–Crippen LogP) is 7.90. The Hall–Kier alpha value is -4.61. The number of carbonyl (C=O) groups is 3. The van der Waals surface area contributed by atoms with Gasteiger partial charge >= 0.3 is 12.2 Å². The molecule has 1 aliphatic rings. The Kier molecular flexibility index (Phi) is 10.7. The topological polar surface area (TPSA) is 130 Å². The average Bonchev–Trinajstić information content (AvgIpc) is 3.39. The maximum atomic E-state index is 14.0. The fourth-order valence-electron chi connectivity index (χ4n) is 5.55. The first-order valence-corrected chi connectivity index (χ1v) is 16.9. The first-order chi connectivity index (χ1) is 22.6. The minimum atomic E-state index is -0.771. The normalized spacial score (nSPS) is 16.3. The number of fused-ring (bicyclic) bond motifs is 1. The van der Waals surface area contributed by atoms with E-state index in [-0.39, 0.29) is 36.0 Å². The van der Waals surface area contributed by atoms with E-state index in [1.165, 1.54) is 4.90 Å². The number of amides is 3. The van der Waals surface area contributed by atoms with Gasteiger partial charge in [-0.05, 0) is 98.8 Å². The summed E-state index contributed by atoms with van der Waals surface area (Å²) in [4.78, 5) is 47.9. The van der Waals surface area contributed by atoms with Gasteiger partial charge in [0.15, 0.2) is 5.65 Å². The van der Waals surface area contributed by atoms with Crippen LogP contribution in [0.4, 0.5) is 26.9 Å². The van der Waals surface area contributed by atoms with Gasteiger partial charge in [-0.25, -0.2) is 14.6 Å². The van der Waals surface area contributed by atoms with Crippen LogP contribution in [0.2, 0.25) is 0 Å². The summed E-state index contributed by atoms with van der Waals surface area (Å²) in [6.07, 6.45) is 2.40. The van der Waals surface area contributed by atoms with E-state index in [2.05, 4.69) is 50.0 Å². The highest BCUT2D eigenvalue weighted by Crippen LogP contribution is 2.33. The maximum absolute atomic E-state index is 14.0. The Morgan fingerprint density at radius 2 is 1.76 bits per heavy atom.